The summed E-state index contributed by atoms with van der Waals surface area (Å²) in [5.41, 5.74) is 1.14. The largest absolute Gasteiger partial charge is 0.341 e. The van der Waals surface area contributed by atoms with Gasteiger partial charge in [-0.3, -0.25) is 14.3 Å². The van der Waals surface area contributed by atoms with Gasteiger partial charge in [-0.1, -0.05) is 30.3 Å². The molecule has 21 heavy (non-hydrogen) atoms. The molecule has 1 aliphatic heterocycles. The normalized spacial score (nSPS) is 17.2. The molecule has 1 aromatic heterocycles. The lowest BCUT2D eigenvalue weighted by atomic mass is 10.0. The van der Waals surface area contributed by atoms with E-state index in [2.05, 4.69) is 29.2 Å². The summed E-state index contributed by atoms with van der Waals surface area (Å²) in [7, 11) is 1.54. The lowest BCUT2D eigenvalue weighted by Gasteiger charge is -2.31. The monoisotopic (exact) mass is 305 g/mol. The quantitative estimate of drug-likeness (QED) is 0.862. The molecule has 0 spiro atoms. The van der Waals surface area contributed by atoms with E-state index < -0.39 is 0 Å². The van der Waals surface area contributed by atoms with Gasteiger partial charge in [0.15, 0.2) is 0 Å². The molecule has 0 saturated carbocycles. The third-order valence-electron chi connectivity index (χ3n) is 4.06. The average molecular weight is 305 g/mol. The zero-order chi connectivity index (χ0) is 14.8. The summed E-state index contributed by atoms with van der Waals surface area (Å²) >= 11 is 1.05. The van der Waals surface area contributed by atoms with Crippen molar-refractivity contribution in [3.8, 4) is 0 Å². The Morgan fingerprint density at radius 1 is 1.14 bits per heavy atom. The summed E-state index contributed by atoms with van der Waals surface area (Å²) in [6.45, 7) is 2.87. The standard InChI is InChI=1S/C15H19N3O2S/c1-16-14(19)18(21-15(16)20)13-7-9-17(10-8-13)11-12-5-3-2-4-6-12/h2-6,13H,7-11H2,1H3. The van der Waals surface area contributed by atoms with E-state index in [1.165, 1.54) is 10.1 Å². The maximum Gasteiger partial charge on any atom is 0.341 e. The molecule has 0 unspecified atom stereocenters. The van der Waals surface area contributed by atoms with Crippen LogP contribution in [0, 0.1) is 0 Å². The van der Waals surface area contributed by atoms with Gasteiger partial charge in [0.2, 0.25) is 0 Å². The van der Waals surface area contributed by atoms with Gasteiger partial charge in [0.25, 0.3) is 0 Å². The van der Waals surface area contributed by atoms with Crippen molar-refractivity contribution in [1.29, 1.82) is 0 Å². The second-order valence-corrected chi connectivity index (χ2v) is 6.44. The van der Waals surface area contributed by atoms with Crippen molar-refractivity contribution >= 4 is 11.5 Å². The molecule has 0 atom stereocenters. The molecular weight excluding hydrogens is 286 g/mol. The van der Waals surface area contributed by atoms with Crippen molar-refractivity contribution in [2.24, 2.45) is 7.05 Å². The molecule has 5 nitrogen and oxygen atoms in total. The third-order valence-corrected chi connectivity index (χ3v) is 5.14. The Hall–Kier alpha value is -1.66. The summed E-state index contributed by atoms with van der Waals surface area (Å²) in [4.78, 5) is 25.8. The lowest BCUT2D eigenvalue weighted by molar-refractivity contribution is 0.182. The number of piperidine rings is 1. The van der Waals surface area contributed by atoms with Crippen molar-refractivity contribution in [1.82, 2.24) is 13.4 Å². The Bertz CT molecular complexity index is 709. The van der Waals surface area contributed by atoms with Crippen LogP contribution in [0.4, 0.5) is 0 Å². The van der Waals surface area contributed by atoms with Gasteiger partial charge in [-0.25, -0.2) is 8.75 Å². The van der Waals surface area contributed by atoms with Crippen LogP contribution < -0.4 is 10.6 Å². The van der Waals surface area contributed by atoms with E-state index in [-0.39, 0.29) is 16.6 Å². The number of likely N-dealkylation sites (tertiary alicyclic amines) is 1. The molecule has 112 valence electrons. The van der Waals surface area contributed by atoms with Gasteiger partial charge in [-0.2, -0.15) is 0 Å². The first kappa shape index (κ1) is 14.3. The molecule has 0 amide bonds. The summed E-state index contributed by atoms with van der Waals surface area (Å²) in [5, 5.41) is 0. The molecule has 0 N–H and O–H groups in total. The van der Waals surface area contributed by atoms with Crippen molar-refractivity contribution in [3.05, 3.63) is 56.0 Å². The molecule has 0 aliphatic carbocycles. The Morgan fingerprint density at radius 3 is 2.38 bits per heavy atom. The third kappa shape index (κ3) is 3.01. The number of hydrogen-bond acceptors (Lipinski definition) is 4. The molecule has 3 rings (SSSR count). The number of benzene rings is 1. The molecule has 2 aromatic rings. The minimum atomic E-state index is -0.175. The molecule has 0 radical (unpaired) electrons. The van der Waals surface area contributed by atoms with Crippen LogP contribution in [0.1, 0.15) is 24.4 Å². The predicted molar refractivity (Wildman–Crippen MR) is 83.8 cm³/mol. The van der Waals surface area contributed by atoms with E-state index in [9.17, 15) is 9.59 Å². The van der Waals surface area contributed by atoms with Crippen LogP contribution in [0.15, 0.2) is 39.9 Å². The Labute approximate surface area is 127 Å². The van der Waals surface area contributed by atoms with Crippen molar-refractivity contribution in [2.45, 2.75) is 25.4 Å². The first-order valence-corrected chi connectivity index (χ1v) is 7.97. The van der Waals surface area contributed by atoms with Gasteiger partial charge in [-0.05, 0) is 18.4 Å². The van der Waals surface area contributed by atoms with Gasteiger partial charge < -0.3 is 0 Å². The smallest absolute Gasteiger partial charge is 0.299 e. The molecule has 6 heteroatoms. The highest BCUT2D eigenvalue weighted by Crippen LogP contribution is 2.22. The number of aromatic nitrogens is 2. The van der Waals surface area contributed by atoms with Gasteiger partial charge in [-0.15, -0.1) is 0 Å². The maximum absolute atomic E-state index is 12.0. The van der Waals surface area contributed by atoms with E-state index >= 15 is 0 Å². The van der Waals surface area contributed by atoms with Crippen LogP contribution in [0.2, 0.25) is 0 Å². The summed E-state index contributed by atoms with van der Waals surface area (Å²) in [6, 6.07) is 10.6. The van der Waals surface area contributed by atoms with Gasteiger partial charge in [0.05, 0.1) is 6.04 Å². The van der Waals surface area contributed by atoms with Crippen LogP contribution in [-0.4, -0.2) is 26.5 Å². The summed E-state index contributed by atoms with van der Waals surface area (Å²) < 4.78 is 2.85. The lowest BCUT2D eigenvalue weighted by Crippen LogP contribution is -2.37. The summed E-state index contributed by atoms with van der Waals surface area (Å²) in [6.07, 6.45) is 1.85. The molecule has 1 aliphatic rings. The Balaban J connectivity index is 1.64. The topological polar surface area (TPSA) is 47.2 Å². The minimum absolute atomic E-state index is 0.170. The molecule has 1 saturated heterocycles. The zero-order valence-electron chi connectivity index (χ0n) is 12.1. The molecule has 2 heterocycles. The number of nitrogens with zero attached hydrogens (tertiary/aromatic N) is 3. The van der Waals surface area contributed by atoms with E-state index in [1.54, 1.807) is 11.0 Å². The summed E-state index contributed by atoms with van der Waals surface area (Å²) in [5.74, 6) is 0. The number of hydrogen-bond donors (Lipinski definition) is 0. The SMILES string of the molecule is Cn1c(=O)sn(C2CCN(Cc3ccccc3)CC2)c1=O. The van der Waals surface area contributed by atoms with Gasteiger partial charge in [0, 0.05) is 38.2 Å². The molecular formula is C15H19N3O2S. The van der Waals surface area contributed by atoms with E-state index in [4.69, 9.17) is 0 Å². The second kappa shape index (κ2) is 5.99. The second-order valence-electron chi connectivity index (χ2n) is 5.52. The highest BCUT2D eigenvalue weighted by atomic mass is 32.1. The van der Waals surface area contributed by atoms with E-state index in [0.717, 1.165) is 44.0 Å². The fourth-order valence-corrected chi connectivity index (χ4v) is 3.72. The molecule has 1 fully saturated rings. The highest BCUT2D eigenvalue weighted by Gasteiger charge is 2.23. The predicted octanol–water partition coefficient (Wildman–Crippen LogP) is 1.45. The Kier molecular flexibility index (Phi) is 4.07. The van der Waals surface area contributed by atoms with Crippen molar-refractivity contribution in [2.75, 3.05) is 13.1 Å². The highest BCUT2D eigenvalue weighted by molar-refractivity contribution is 7.03. The minimum Gasteiger partial charge on any atom is -0.299 e. The first-order valence-electron chi connectivity index (χ1n) is 7.20. The average Bonchev–Trinajstić information content (AvgIpc) is 2.77. The van der Waals surface area contributed by atoms with Crippen LogP contribution >= 0.6 is 11.5 Å². The van der Waals surface area contributed by atoms with Crippen LogP contribution in [0.3, 0.4) is 0 Å². The van der Waals surface area contributed by atoms with Crippen molar-refractivity contribution in [3.63, 3.8) is 0 Å². The van der Waals surface area contributed by atoms with Crippen LogP contribution in [0.5, 0.6) is 0 Å². The fraction of sp³-hybridized carbons (Fsp3) is 0.467. The van der Waals surface area contributed by atoms with Crippen molar-refractivity contribution < 1.29 is 0 Å². The Morgan fingerprint density at radius 2 is 1.81 bits per heavy atom. The van der Waals surface area contributed by atoms with Crippen LogP contribution in [0.25, 0.3) is 0 Å². The van der Waals surface area contributed by atoms with E-state index in [0.29, 0.717) is 0 Å². The molecule has 1 aromatic carbocycles. The van der Waals surface area contributed by atoms with E-state index in [1.807, 2.05) is 6.07 Å². The van der Waals surface area contributed by atoms with Gasteiger partial charge in [0.1, 0.15) is 0 Å². The maximum atomic E-state index is 12.0. The van der Waals surface area contributed by atoms with Crippen LogP contribution in [-0.2, 0) is 13.6 Å². The fourth-order valence-electron chi connectivity index (χ4n) is 2.79. The number of rotatable bonds is 3. The zero-order valence-corrected chi connectivity index (χ0v) is 12.9. The first-order chi connectivity index (χ1) is 10.1. The van der Waals surface area contributed by atoms with Gasteiger partial charge >= 0.3 is 10.6 Å². The molecule has 0 bridgehead atoms.